The van der Waals surface area contributed by atoms with Crippen LogP contribution in [0.25, 0.3) is 0 Å². The second-order valence-electron chi connectivity index (χ2n) is 6.67. The van der Waals surface area contributed by atoms with Crippen molar-refractivity contribution in [2.75, 3.05) is 18.4 Å². The van der Waals surface area contributed by atoms with Gasteiger partial charge >= 0.3 is 0 Å². The molecule has 0 bridgehead atoms. The third-order valence-electron chi connectivity index (χ3n) is 4.55. The Morgan fingerprint density at radius 1 is 1.00 bits per heavy atom. The Morgan fingerprint density at radius 2 is 1.69 bits per heavy atom. The number of nitrogens with one attached hydrogen (secondary N) is 1. The van der Waals surface area contributed by atoms with Crippen molar-refractivity contribution in [3.05, 3.63) is 48.5 Å². The molecule has 0 aliphatic carbocycles. The summed E-state index contributed by atoms with van der Waals surface area (Å²) >= 11 is 0. The predicted molar refractivity (Wildman–Crippen MR) is 116 cm³/mol. The average molecular weight is 419 g/mol. The SMILES string of the molecule is CCCCCC(=O)Nc1cc(S(=O)(=O)N(CC)CC)ccc1Oc1ccccc1. The van der Waals surface area contributed by atoms with Crippen LogP contribution in [0.5, 0.6) is 11.5 Å². The van der Waals surface area contributed by atoms with Crippen molar-refractivity contribution in [1.29, 1.82) is 0 Å². The molecule has 158 valence electrons. The van der Waals surface area contributed by atoms with Gasteiger partial charge in [0.25, 0.3) is 0 Å². The molecule has 1 N–H and O–H groups in total. The minimum absolute atomic E-state index is 0.130. The van der Waals surface area contributed by atoms with Crippen molar-refractivity contribution >= 4 is 21.6 Å². The van der Waals surface area contributed by atoms with Gasteiger partial charge in [0.2, 0.25) is 15.9 Å². The van der Waals surface area contributed by atoms with Gasteiger partial charge in [-0.05, 0) is 36.8 Å². The van der Waals surface area contributed by atoms with E-state index in [1.165, 1.54) is 16.4 Å². The number of hydrogen-bond donors (Lipinski definition) is 1. The van der Waals surface area contributed by atoms with Gasteiger partial charge in [0.05, 0.1) is 10.6 Å². The van der Waals surface area contributed by atoms with Gasteiger partial charge in [0.15, 0.2) is 5.75 Å². The van der Waals surface area contributed by atoms with E-state index >= 15 is 0 Å². The van der Waals surface area contributed by atoms with Crippen LogP contribution in [0.15, 0.2) is 53.4 Å². The Hall–Kier alpha value is -2.38. The van der Waals surface area contributed by atoms with Crippen LogP contribution >= 0.6 is 0 Å². The van der Waals surface area contributed by atoms with Gasteiger partial charge in [-0.2, -0.15) is 4.31 Å². The highest BCUT2D eigenvalue weighted by molar-refractivity contribution is 7.89. The van der Waals surface area contributed by atoms with E-state index in [1.54, 1.807) is 32.0 Å². The zero-order chi connectivity index (χ0) is 21.3. The molecule has 29 heavy (non-hydrogen) atoms. The molecule has 0 radical (unpaired) electrons. The lowest BCUT2D eigenvalue weighted by molar-refractivity contribution is -0.116. The van der Waals surface area contributed by atoms with Gasteiger partial charge in [-0.25, -0.2) is 8.42 Å². The summed E-state index contributed by atoms with van der Waals surface area (Å²) in [6, 6.07) is 13.7. The second-order valence-corrected chi connectivity index (χ2v) is 8.61. The number of sulfonamides is 1. The summed E-state index contributed by atoms with van der Waals surface area (Å²) in [4.78, 5) is 12.5. The van der Waals surface area contributed by atoms with Crippen molar-refractivity contribution in [3.8, 4) is 11.5 Å². The first-order valence-corrected chi connectivity index (χ1v) is 11.5. The standard InChI is InChI=1S/C22H30N2O4S/c1-4-7-9-14-22(25)23-20-17-19(29(26,27)24(5-2)6-3)15-16-21(20)28-18-12-10-8-11-13-18/h8,10-13,15-17H,4-7,9,14H2,1-3H3,(H,23,25). The maximum absolute atomic E-state index is 12.9. The van der Waals surface area contributed by atoms with E-state index in [9.17, 15) is 13.2 Å². The van der Waals surface area contributed by atoms with Crippen molar-refractivity contribution in [3.63, 3.8) is 0 Å². The summed E-state index contributed by atoms with van der Waals surface area (Å²) in [5, 5.41) is 2.83. The smallest absolute Gasteiger partial charge is 0.243 e. The van der Waals surface area contributed by atoms with Crippen LogP contribution in [-0.2, 0) is 14.8 Å². The first-order chi connectivity index (χ1) is 13.9. The quantitative estimate of drug-likeness (QED) is 0.519. The molecule has 6 nitrogen and oxygen atoms in total. The molecule has 7 heteroatoms. The van der Waals surface area contributed by atoms with E-state index in [0.717, 1.165) is 19.3 Å². The number of para-hydroxylation sites is 1. The Labute approximate surface area is 173 Å². The highest BCUT2D eigenvalue weighted by atomic mass is 32.2. The molecule has 0 aromatic heterocycles. The number of hydrogen-bond acceptors (Lipinski definition) is 4. The number of ether oxygens (including phenoxy) is 1. The van der Waals surface area contributed by atoms with Gasteiger partial charge in [0.1, 0.15) is 5.75 Å². The van der Waals surface area contributed by atoms with Crippen molar-refractivity contribution in [2.24, 2.45) is 0 Å². The van der Waals surface area contributed by atoms with Crippen LogP contribution < -0.4 is 10.1 Å². The largest absolute Gasteiger partial charge is 0.455 e. The zero-order valence-corrected chi connectivity index (χ0v) is 18.2. The second kappa shape index (κ2) is 11.0. The number of amides is 1. The number of nitrogens with zero attached hydrogens (tertiary/aromatic N) is 1. The Balaban J connectivity index is 2.36. The number of carbonyl (C=O) groups excluding carboxylic acids is 1. The minimum Gasteiger partial charge on any atom is -0.455 e. The van der Waals surface area contributed by atoms with Gasteiger partial charge in [-0.1, -0.05) is 51.8 Å². The summed E-state index contributed by atoms with van der Waals surface area (Å²) in [6.07, 6.45) is 3.16. The van der Waals surface area contributed by atoms with E-state index < -0.39 is 10.0 Å². The van der Waals surface area contributed by atoms with Crippen molar-refractivity contribution < 1.29 is 17.9 Å². The van der Waals surface area contributed by atoms with Crippen LogP contribution in [0.3, 0.4) is 0 Å². The molecule has 0 saturated heterocycles. The molecule has 0 aliphatic rings. The van der Waals surface area contributed by atoms with E-state index in [0.29, 0.717) is 36.7 Å². The first-order valence-electron chi connectivity index (χ1n) is 10.1. The fourth-order valence-electron chi connectivity index (χ4n) is 2.93. The van der Waals surface area contributed by atoms with E-state index in [1.807, 2.05) is 18.2 Å². The molecular formula is C22H30N2O4S. The highest BCUT2D eigenvalue weighted by Crippen LogP contribution is 2.33. The lowest BCUT2D eigenvalue weighted by Gasteiger charge is -2.20. The number of benzene rings is 2. The lowest BCUT2D eigenvalue weighted by atomic mass is 10.2. The fourth-order valence-corrected chi connectivity index (χ4v) is 4.42. The normalized spacial score (nSPS) is 11.4. The minimum atomic E-state index is -3.64. The molecule has 0 unspecified atom stereocenters. The van der Waals surface area contributed by atoms with Crippen LogP contribution in [0.1, 0.15) is 46.5 Å². The lowest BCUT2D eigenvalue weighted by Crippen LogP contribution is -2.30. The fraction of sp³-hybridized carbons (Fsp3) is 0.409. The van der Waals surface area contributed by atoms with Crippen molar-refractivity contribution in [1.82, 2.24) is 4.31 Å². The first kappa shape index (κ1) is 22.9. The molecule has 2 rings (SSSR count). The number of anilines is 1. The number of carbonyl (C=O) groups is 1. The molecule has 0 saturated carbocycles. The maximum atomic E-state index is 12.9. The summed E-state index contributed by atoms with van der Waals surface area (Å²) < 4.78 is 33.0. The highest BCUT2D eigenvalue weighted by Gasteiger charge is 2.23. The van der Waals surface area contributed by atoms with Gasteiger partial charge < -0.3 is 10.1 Å². The van der Waals surface area contributed by atoms with Gasteiger partial charge in [0, 0.05) is 19.5 Å². The van der Waals surface area contributed by atoms with Crippen LogP contribution in [0.2, 0.25) is 0 Å². The molecule has 0 spiro atoms. The summed E-state index contributed by atoms with van der Waals surface area (Å²) in [5.41, 5.74) is 0.351. The van der Waals surface area contributed by atoms with Crippen molar-refractivity contribution in [2.45, 2.75) is 51.3 Å². The molecule has 0 heterocycles. The third kappa shape index (κ3) is 6.30. The molecule has 0 fully saturated rings. The summed E-state index contributed by atoms with van der Waals surface area (Å²) in [7, 11) is -3.64. The molecular weight excluding hydrogens is 388 g/mol. The summed E-state index contributed by atoms with van der Waals surface area (Å²) in [6.45, 7) is 6.42. The molecule has 0 aliphatic heterocycles. The summed E-state index contributed by atoms with van der Waals surface area (Å²) in [5.74, 6) is 0.848. The Kier molecular flexibility index (Phi) is 8.67. The average Bonchev–Trinajstić information content (AvgIpc) is 2.71. The number of unbranched alkanes of at least 4 members (excludes halogenated alkanes) is 2. The molecule has 2 aromatic rings. The zero-order valence-electron chi connectivity index (χ0n) is 17.3. The van der Waals surface area contributed by atoms with E-state index in [2.05, 4.69) is 12.2 Å². The predicted octanol–water partition coefficient (Wildman–Crippen LogP) is 5.03. The Morgan fingerprint density at radius 3 is 2.31 bits per heavy atom. The molecule has 1 amide bonds. The monoisotopic (exact) mass is 418 g/mol. The van der Waals surface area contributed by atoms with Crippen LogP contribution in [0.4, 0.5) is 5.69 Å². The van der Waals surface area contributed by atoms with E-state index in [4.69, 9.17) is 4.74 Å². The number of rotatable bonds is 11. The Bertz CT molecular complexity index is 894. The van der Waals surface area contributed by atoms with Gasteiger partial charge in [-0.15, -0.1) is 0 Å². The molecule has 0 atom stereocenters. The third-order valence-corrected chi connectivity index (χ3v) is 6.59. The maximum Gasteiger partial charge on any atom is 0.243 e. The van der Waals surface area contributed by atoms with Crippen LogP contribution in [0, 0.1) is 0 Å². The van der Waals surface area contributed by atoms with E-state index in [-0.39, 0.29) is 10.8 Å². The van der Waals surface area contributed by atoms with Gasteiger partial charge in [-0.3, -0.25) is 4.79 Å². The van der Waals surface area contributed by atoms with Crippen LogP contribution in [-0.4, -0.2) is 31.7 Å². The molecule has 2 aromatic carbocycles. The topological polar surface area (TPSA) is 75.7 Å².